The number of anilines is 1. The van der Waals surface area contributed by atoms with Crippen molar-refractivity contribution in [2.45, 2.75) is 19.3 Å². The number of oxazole rings is 1. The summed E-state index contributed by atoms with van der Waals surface area (Å²) in [5.41, 5.74) is 3.23. The SMILES string of the molecule is N#CCC(=O)Nc1ccc2oc(CCc3ccccc3)nc2c1. The van der Waals surface area contributed by atoms with Gasteiger partial charge in [-0.3, -0.25) is 4.79 Å². The molecule has 0 atom stereocenters. The molecule has 0 aliphatic rings. The predicted octanol–water partition coefficient (Wildman–Crippen LogP) is 3.47. The molecule has 1 N–H and O–H groups in total. The van der Waals surface area contributed by atoms with Gasteiger partial charge >= 0.3 is 0 Å². The summed E-state index contributed by atoms with van der Waals surface area (Å²) in [6.45, 7) is 0. The first-order valence-electron chi connectivity index (χ1n) is 7.35. The molecule has 0 spiro atoms. The topological polar surface area (TPSA) is 78.9 Å². The number of fused-ring (bicyclic) bond motifs is 1. The largest absolute Gasteiger partial charge is 0.441 e. The Hall–Kier alpha value is -3.13. The number of hydrogen-bond acceptors (Lipinski definition) is 4. The van der Waals surface area contributed by atoms with Gasteiger partial charge in [0.2, 0.25) is 5.91 Å². The van der Waals surface area contributed by atoms with Crippen LogP contribution < -0.4 is 5.32 Å². The van der Waals surface area contributed by atoms with E-state index in [4.69, 9.17) is 9.68 Å². The van der Waals surface area contributed by atoms with Crippen LogP contribution in [0.3, 0.4) is 0 Å². The quantitative estimate of drug-likeness (QED) is 0.783. The van der Waals surface area contributed by atoms with E-state index in [1.54, 1.807) is 18.2 Å². The molecular formula is C18H15N3O2. The fraction of sp³-hybridized carbons (Fsp3) is 0.167. The summed E-state index contributed by atoms with van der Waals surface area (Å²) in [5, 5.41) is 11.2. The van der Waals surface area contributed by atoms with E-state index in [0.29, 0.717) is 22.7 Å². The minimum absolute atomic E-state index is 0.167. The molecule has 0 unspecified atom stereocenters. The highest BCUT2D eigenvalue weighted by molar-refractivity contribution is 5.93. The Bertz CT molecular complexity index is 863. The van der Waals surface area contributed by atoms with Crippen LogP contribution in [0.5, 0.6) is 0 Å². The molecule has 2 aromatic carbocycles. The van der Waals surface area contributed by atoms with Gasteiger partial charge in [-0.2, -0.15) is 5.26 Å². The van der Waals surface area contributed by atoms with Gasteiger partial charge in [0, 0.05) is 12.1 Å². The summed E-state index contributed by atoms with van der Waals surface area (Å²) in [6, 6.07) is 17.2. The van der Waals surface area contributed by atoms with Gasteiger partial charge in [-0.15, -0.1) is 0 Å². The Morgan fingerprint density at radius 2 is 2.00 bits per heavy atom. The van der Waals surface area contributed by atoms with Gasteiger partial charge in [0.1, 0.15) is 11.9 Å². The second-order valence-electron chi connectivity index (χ2n) is 5.16. The summed E-state index contributed by atoms with van der Waals surface area (Å²) in [6.07, 6.45) is 1.41. The van der Waals surface area contributed by atoms with Gasteiger partial charge in [-0.25, -0.2) is 4.98 Å². The number of benzene rings is 2. The Morgan fingerprint density at radius 1 is 1.17 bits per heavy atom. The number of amides is 1. The monoisotopic (exact) mass is 305 g/mol. The summed E-state index contributed by atoms with van der Waals surface area (Å²) < 4.78 is 5.72. The van der Waals surface area contributed by atoms with E-state index in [1.165, 1.54) is 5.56 Å². The normalized spacial score (nSPS) is 10.4. The van der Waals surface area contributed by atoms with Crippen LogP contribution in [0, 0.1) is 11.3 Å². The molecule has 0 saturated carbocycles. The van der Waals surface area contributed by atoms with Crippen LogP contribution in [0.15, 0.2) is 52.9 Å². The van der Waals surface area contributed by atoms with Crippen molar-refractivity contribution in [1.82, 2.24) is 4.98 Å². The van der Waals surface area contributed by atoms with Gasteiger partial charge in [-0.1, -0.05) is 30.3 Å². The number of carbonyl (C=O) groups excluding carboxylic acids is 1. The first kappa shape index (κ1) is 14.8. The molecule has 0 bridgehead atoms. The van der Waals surface area contributed by atoms with Crippen molar-refractivity contribution in [2.75, 3.05) is 5.32 Å². The molecule has 5 nitrogen and oxygen atoms in total. The molecule has 0 saturated heterocycles. The van der Waals surface area contributed by atoms with Crippen LogP contribution in [-0.2, 0) is 17.6 Å². The minimum Gasteiger partial charge on any atom is -0.441 e. The van der Waals surface area contributed by atoms with Gasteiger partial charge in [0.15, 0.2) is 11.5 Å². The molecule has 1 amide bonds. The third kappa shape index (κ3) is 3.74. The summed E-state index contributed by atoms with van der Waals surface area (Å²) in [4.78, 5) is 15.9. The molecule has 0 radical (unpaired) electrons. The average molecular weight is 305 g/mol. The molecule has 1 aromatic heterocycles. The molecule has 3 rings (SSSR count). The van der Waals surface area contributed by atoms with Crippen LogP contribution in [0.4, 0.5) is 5.69 Å². The van der Waals surface area contributed by atoms with Gasteiger partial charge in [-0.05, 0) is 30.2 Å². The van der Waals surface area contributed by atoms with E-state index in [-0.39, 0.29) is 12.3 Å². The summed E-state index contributed by atoms with van der Waals surface area (Å²) in [7, 11) is 0. The zero-order chi connectivity index (χ0) is 16.1. The van der Waals surface area contributed by atoms with E-state index < -0.39 is 0 Å². The highest BCUT2D eigenvalue weighted by Gasteiger charge is 2.08. The lowest BCUT2D eigenvalue weighted by Gasteiger charge is -2.00. The molecule has 114 valence electrons. The highest BCUT2D eigenvalue weighted by Crippen LogP contribution is 2.21. The predicted molar refractivity (Wildman–Crippen MR) is 86.7 cm³/mol. The van der Waals surface area contributed by atoms with Crippen molar-refractivity contribution in [3.8, 4) is 6.07 Å². The van der Waals surface area contributed by atoms with E-state index in [0.717, 1.165) is 12.8 Å². The lowest BCUT2D eigenvalue weighted by atomic mass is 10.1. The second-order valence-corrected chi connectivity index (χ2v) is 5.16. The van der Waals surface area contributed by atoms with E-state index in [2.05, 4.69) is 22.4 Å². The molecule has 0 fully saturated rings. The van der Waals surface area contributed by atoms with Crippen molar-refractivity contribution < 1.29 is 9.21 Å². The smallest absolute Gasteiger partial charge is 0.238 e. The Balaban J connectivity index is 1.71. The first-order valence-corrected chi connectivity index (χ1v) is 7.35. The number of hydrogen-bond donors (Lipinski definition) is 1. The van der Waals surface area contributed by atoms with Crippen molar-refractivity contribution in [3.63, 3.8) is 0 Å². The van der Waals surface area contributed by atoms with Crippen molar-refractivity contribution in [3.05, 3.63) is 60.0 Å². The van der Waals surface area contributed by atoms with Crippen LogP contribution in [0.2, 0.25) is 0 Å². The van der Waals surface area contributed by atoms with Crippen molar-refractivity contribution >= 4 is 22.7 Å². The standard InChI is InChI=1S/C18H15N3O2/c19-11-10-17(22)20-14-7-8-16-15(12-14)21-18(23-16)9-6-13-4-2-1-3-5-13/h1-5,7-8,12H,6,9-10H2,(H,20,22). The Kier molecular flexibility index (Phi) is 4.34. The van der Waals surface area contributed by atoms with E-state index in [9.17, 15) is 4.79 Å². The number of rotatable bonds is 5. The summed E-state index contributed by atoms with van der Waals surface area (Å²) >= 11 is 0. The number of nitriles is 1. The van der Waals surface area contributed by atoms with Crippen molar-refractivity contribution in [2.24, 2.45) is 0 Å². The zero-order valence-electron chi connectivity index (χ0n) is 12.5. The minimum atomic E-state index is -0.334. The maximum Gasteiger partial charge on any atom is 0.238 e. The molecular weight excluding hydrogens is 290 g/mol. The van der Waals surface area contributed by atoms with Crippen molar-refractivity contribution in [1.29, 1.82) is 5.26 Å². The lowest BCUT2D eigenvalue weighted by molar-refractivity contribution is -0.115. The highest BCUT2D eigenvalue weighted by atomic mass is 16.3. The maximum absolute atomic E-state index is 11.4. The van der Waals surface area contributed by atoms with Gasteiger partial charge in [0.25, 0.3) is 0 Å². The third-order valence-electron chi connectivity index (χ3n) is 3.43. The number of nitrogens with zero attached hydrogens (tertiary/aromatic N) is 2. The third-order valence-corrected chi connectivity index (χ3v) is 3.43. The average Bonchev–Trinajstić information content (AvgIpc) is 2.96. The van der Waals surface area contributed by atoms with Crippen LogP contribution >= 0.6 is 0 Å². The maximum atomic E-state index is 11.4. The lowest BCUT2D eigenvalue weighted by Crippen LogP contribution is -2.09. The molecule has 23 heavy (non-hydrogen) atoms. The first-order chi connectivity index (χ1) is 11.2. The Morgan fingerprint density at radius 3 is 2.78 bits per heavy atom. The fourth-order valence-electron chi connectivity index (χ4n) is 2.33. The number of nitrogens with one attached hydrogen (secondary N) is 1. The molecule has 1 heterocycles. The van der Waals surface area contributed by atoms with E-state index in [1.807, 2.05) is 24.3 Å². The number of aryl methyl sites for hydroxylation is 2. The Labute approximate surface area is 133 Å². The number of carbonyl (C=O) groups is 1. The van der Waals surface area contributed by atoms with Gasteiger partial charge in [0.05, 0.1) is 6.07 Å². The molecule has 5 heteroatoms. The van der Waals surface area contributed by atoms with Crippen LogP contribution in [-0.4, -0.2) is 10.9 Å². The summed E-state index contributed by atoms with van der Waals surface area (Å²) in [5.74, 6) is 0.337. The van der Waals surface area contributed by atoms with Gasteiger partial charge < -0.3 is 9.73 Å². The van der Waals surface area contributed by atoms with E-state index >= 15 is 0 Å². The van der Waals surface area contributed by atoms with Crippen LogP contribution in [0.25, 0.3) is 11.1 Å². The number of aromatic nitrogens is 1. The molecule has 3 aromatic rings. The molecule has 0 aliphatic heterocycles. The second kappa shape index (κ2) is 6.75. The molecule has 0 aliphatic carbocycles. The zero-order valence-corrected chi connectivity index (χ0v) is 12.5. The van der Waals surface area contributed by atoms with Crippen LogP contribution in [0.1, 0.15) is 17.9 Å². The fourth-order valence-corrected chi connectivity index (χ4v) is 2.33.